The van der Waals surface area contributed by atoms with E-state index in [1.165, 1.54) is 32.2 Å². The van der Waals surface area contributed by atoms with Gasteiger partial charge in [-0.1, -0.05) is 17.2 Å². The lowest BCUT2D eigenvalue weighted by Gasteiger charge is -2.15. The first-order valence-corrected chi connectivity index (χ1v) is 8.14. The van der Waals surface area contributed by atoms with E-state index >= 15 is 0 Å². The van der Waals surface area contributed by atoms with Gasteiger partial charge in [0, 0.05) is 6.07 Å². The van der Waals surface area contributed by atoms with Gasteiger partial charge in [-0.15, -0.1) is 0 Å². The Morgan fingerprint density at radius 3 is 2.30 bits per heavy atom. The van der Waals surface area contributed by atoms with Crippen molar-refractivity contribution < 1.29 is 24.0 Å². The number of esters is 1. The third-order valence-electron chi connectivity index (χ3n) is 3.76. The molecule has 0 aliphatic carbocycles. The van der Waals surface area contributed by atoms with E-state index in [9.17, 15) is 19.7 Å². The van der Waals surface area contributed by atoms with Gasteiger partial charge in [-0.2, -0.15) is 0 Å². The number of anilines is 1. The van der Waals surface area contributed by atoms with E-state index in [-0.39, 0.29) is 17.1 Å². The molecule has 0 fully saturated rings. The summed E-state index contributed by atoms with van der Waals surface area (Å²) in [6, 6.07) is 9.08. The molecule has 142 valence electrons. The standard InChI is InChI=1S/C19H20N2O6/c1-11-7-12(2)9-14(8-11)19(23)27-13(3)18(22)20-16-6-5-15(21(24)25)10-17(16)26-4/h5-10,13H,1-4H3,(H,20,22)/t13-/m1/s1. The average Bonchev–Trinajstić information content (AvgIpc) is 2.60. The van der Waals surface area contributed by atoms with Gasteiger partial charge < -0.3 is 14.8 Å². The molecule has 2 aromatic rings. The largest absolute Gasteiger partial charge is 0.494 e. The number of nitrogens with zero attached hydrogens (tertiary/aromatic N) is 1. The third-order valence-corrected chi connectivity index (χ3v) is 3.76. The number of benzene rings is 2. The maximum Gasteiger partial charge on any atom is 0.338 e. The smallest absolute Gasteiger partial charge is 0.338 e. The first-order chi connectivity index (χ1) is 12.7. The van der Waals surface area contributed by atoms with Gasteiger partial charge in [0.05, 0.1) is 29.4 Å². The highest BCUT2D eigenvalue weighted by molar-refractivity contribution is 5.98. The minimum absolute atomic E-state index is 0.130. The first-order valence-electron chi connectivity index (χ1n) is 8.14. The van der Waals surface area contributed by atoms with E-state index in [1.54, 1.807) is 12.1 Å². The van der Waals surface area contributed by atoms with E-state index in [4.69, 9.17) is 9.47 Å². The number of amides is 1. The van der Waals surface area contributed by atoms with E-state index in [1.807, 2.05) is 19.9 Å². The number of rotatable bonds is 6. The summed E-state index contributed by atoms with van der Waals surface area (Å²) in [4.78, 5) is 34.8. The van der Waals surface area contributed by atoms with Gasteiger partial charge in [-0.05, 0) is 39.0 Å². The maximum atomic E-state index is 12.3. The fourth-order valence-electron chi connectivity index (χ4n) is 2.51. The Morgan fingerprint density at radius 2 is 1.74 bits per heavy atom. The lowest BCUT2D eigenvalue weighted by Crippen LogP contribution is -2.30. The molecule has 1 atom stereocenters. The van der Waals surface area contributed by atoms with E-state index in [0.29, 0.717) is 5.56 Å². The van der Waals surface area contributed by atoms with Crippen molar-refractivity contribution in [2.45, 2.75) is 26.9 Å². The number of hydrogen-bond donors (Lipinski definition) is 1. The molecule has 0 saturated heterocycles. The zero-order valence-corrected chi connectivity index (χ0v) is 15.4. The molecule has 1 N–H and O–H groups in total. The summed E-state index contributed by atoms with van der Waals surface area (Å²) < 4.78 is 10.3. The van der Waals surface area contributed by atoms with E-state index < -0.39 is 22.9 Å². The van der Waals surface area contributed by atoms with Crippen LogP contribution in [0, 0.1) is 24.0 Å². The molecule has 0 bridgehead atoms. The van der Waals surface area contributed by atoms with Gasteiger partial charge in [0.15, 0.2) is 6.10 Å². The number of nitro benzene ring substituents is 1. The minimum atomic E-state index is -1.07. The summed E-state index contributed by atoms with van der Waals surface area (Å²) in [7, 11) is 1.33. The number of carbonyl (C=O) groups is 2. The summed E-state index contributed by atoms with van der Waals surface area (Å²) in [6.45, 7) is 5.16. The summed E-state index contributed by atoms with van der Waals surface area (Å²) in [5, 5.41) is 13.4. The van der Waals surface area contributed by atoms with Crippen LogP contribution >= 0.6 is 0 Å². The fourth-order valence-corrected chi connectivity index (χ4v) is 2.51. The SMILES string of the molecule is COc1cc([N+](=O)[O-])ccc1NC(=O)[C@@H](C)OC(=O)c1cc(C)cc(C)c1. The molecule has 27 heavy (non-hydrogen) atoms. The molecule has 0 spiro atoms. The molecule has 0 unspecified atom stereocenters. The van der Waals surface area contributed by atoms with Crippen molar-refractivity contribution in [3.8, 4) is 5.75 Å². The van der Waals surface area contributed by atoms with Crippen LogP contribution in [0.4, 0.5) is 11.4 Å². The summed E-state index contributed by atoms with van der Waals surface area (Å²) >= 11 is 0. The zero-order valence-electron chi connectivity index (χ0n) is 15.4. The van der Waals surface area contributed by atoms with Crippen LogP contribution in [0.2, 0.25) is 0 Å². The molecule has 2 rings (SSSR count). The normalized spacial score (nSPS) is 11.4. The first kappa shape index (κ1) is 19.9. The van der Waals surface area contributed by atoms with Gasteiger partial charge in [-0.3, -0.25) is 14.9 Å². The predicted octanol–water partition coefficient (Wildman–Crippen LogP) is 3.40. The van der Waals surface area contributed by atoms with Crippen LogP contribution in [0.3, 0.4) is 0 Å². The number of ether oxygens (including phenoxy) is 2. The second kappa shape index (κ2) is 8.31. The van der Waals surface area contributed by atoms with Crippen LogP contribution in [-0.4, -0.2) is 30.0 Å². The van der Waals surface area contributed by atoms with Crippen molar-refractivity contribution in [2.24, 2.45) is 0 Å². The van der Waals surface area contributed by atoms with Crippen LogP contribution in [0.25, 0.3) is 0 Å². The van der Waals surface area contributed by atoms with Crippen LogP contribution < -0.4 is 10.1 Å². The summed E-state index contributed by atoms with van der Waals surface area (Å²) in [5.41, 5.74) is 2.26. The quantitative estimate of drug-likeness (QED) is 0.473. The molecular formula is C19H20N2O6. The topological polar surface area (TPSA) is 108 Å². The molecule has 0 aromatic heterocycles. The van der Waals surface area contributed by atoms with Crippen LogP contribution in [0.5, 0.6) is 5.75 Å². The third kappa shape index (κ3) is 5.04. The molecule has 0 radical (unpaired) electrons. The highest BCUT2D eigenvalue weighted by Gasteiger charge is 2.21. The maximum absolute atomic E-state index is 12.3. The summed E-state index contributed by atoms with van der Waals surface area (Å²) in [6.07, 6.45) is -1.07. The number of aryl methyl sites for hydroxylation is 2. The monoisotopic (exact) mass is 372 g/mol. The second-order valence-corrected chi connectivity index (χ2v) is 6.05. The van der Waals surface area contributed by atoms with Crippen molar-refractivity contribution in [1.29, 1.82) is 0 Å². The lowest BCUT2D eigenvalue weighted by atomic mass is 10.1. The molecule has 0 aliphatic heterocycles. The van der Waals surface area contributed by atoms with Crippen LogP contribution in [-0.2, 0) is 9.53 Å². The predicted molar refractivity (Wildman–Crippen MR) is 99.1 cm³/mol. The van der Waals surface area contributed by atoms with Gasteiger partial charge >= 0.3 is 5.97 Å². The van der Waals surface area contributed by atoms with Gasteiger partial charge in [0.25, 0.3) is 11.6 Å². The Kier molecular flexibility index (Phi) is 6.12. The Labute approximate surface area is 156 Å². The Balaban J connectivity index is 2.09. The Bertz CT molecular complexity index is 874. The molecule has 8 heteroatoms. The van der Waals surface area contributed by atoms with Gasteiger partial charge in [0.1, 0.15) is 5.75 Å². The molecule has 8 nitrogen and oxygen atoms in total. The molecule has 0 heterocycles. The number of nitro groups is 1. The fraction of sp³-hybridized carbons (Fsp3) is 0.263. The molecule has 2 aromatic carbocycles. The molecular weight excluding hydrogens is 352 g/mol. The summed E-state index contributed by atoms with van der Waals surface area (Å²) in [5.74, 6) is -1.06. The highest BCUT2D eigenvalue weighted by atomic mass is 16.6. The Hall–Kier alpha value is -3.42. The highest BCUT2D eigenvalue weighted by Crippen LogP contribution is 2.29. The average molecular weight is 372 g/mol. The van der Waals surface area contributed by atoms with Gasteiger partial charge in [0.2, 0.25) is 0 Å². The van der Waals surface area contributed by atoms with E-state index in [0.717, 1.165) is 11.1 Å². The Morgan fingerprint density at radius 1 is 1.11 bits per heavy atom. The number of hydrogen-bond acceptors (Lipinski definition) is 6. The van der Waals surface area contributed by atoms with Gasteiger partial charge in [-0.25, -0.2) is 4.79 Å². The van der Waals surface area contributed by atoms with E-state index in [2.05, 4.69) is 5.32 Å². The van der Waals surface area contributed by atoms with Crippen molar-refractivity contribution in [3.05, 3.63) is 63.2 Å². The molecule has 0 saturated carbocycles. The zero-order chi connectivity index (χ0) is 20.1. The van der Waals surface area contributed by atoms with Crippen molar-refractivity contribution in [1.82, 2.24) is 0 Å². The van der Waals surface area contributed by atoms with Crippen LogP contribution in [0.1, 0.15) is 28.4 Å². The van der Waals surface area contributed by atoms with Crippen molar-refractivity contribution in [2.75, 3.05) is 12.4 Å². The number of non-ortho nitro benzene ring substituents is 1. The lowest BCUT2D eigenvalue weighted by molar-refractivity contribution is -0.384. The number of nitrogens with one attached hydrogen (secondary N) is 1. The molecule has 1 amide bonds. The number of methoxy groups -OCH3 is 1. The minimum Gasteiger partial charge on any atom is -0.494 e. The van der Waals surface area contributed by atoms with Crippen molar-refractivity contribution in [3.63, 3.8) is 0 Å². The van der Waals surface area contributed by atoms with Crippen molar-refractivity contribution >= 4 is 23.3 Å². The second-order valence-electron chi connectivity index (χ2n) is 6.05. The number of carbonyl (C=O) groups excluding carboxylic acids is 2. The molecule has 0 aliphatic rings. The van der Waals surface area contributed by atoms with Crippen LogP contribution in [0.15, 0.2) is 36.4 Å².